The van der Waals surface area contributed by atoms with Gasteiger partial charge in [-0.05, 0) is 24.1 Å². The molecule has 5 atom stereocenters. The van der Waals surface area contributed by atoms with E-state index in [1.165, 1.54) is 0 Å². The molecule has 1 saturated heterocycles. The third-order valence-corrected chi connectivity index (χ3v) is 3.43. The van der Waals surface area contributed by atoms with Crippen LogP contribution in [0.1, 0.15) is 5.56 Å². The van der Waals surface area contributed by atoms with Crippen molar-refractivity contribution < 1.29 is 35.0 Å². The second-order valence-corrected chi connectivity index (χ2v) is 4.99. The van der Waals surface area contributed by atoms with Crippen LogP contribution >= 0.6 is 0 Å². The van der Waals surface area contributed by atoms with Crippen LogP contribution in [0.25, 0.3) is 0 Å². The predicted octanol–water partition coefficient (Wildman–Crippen LogP) is -1.25. The van der Waals surface area contributed by atoms with Gasteiger partial charge in [0.05, 0.1) is 13.2 Å². The molecule has 118 valence electrons. The molecule has 0 aromatic heterocycles. The van der Waals surface area contributed by atoms with E-state index in [0.717, 1.165) is 5.56 Å². The molecule has 1 heterocycles. The van der Waals surface area contributed by atoms with Crippen molar-refractivity contribution in [2.45, 2.75) is 37.1 Å². The molecule has 0 spiro atoms. The van der Waals surface area contributed by atoms with Crippen LogP contribution in [0.2, 0.25) is 0 Å². The zero-order chi connectivity index (χ0) is 15.4. The molecule has 7 heteroatoms. The van der Waals surface area contributed by atoms with E-state index in [1.54, 1.807) is 18.2 Å². The SMILES string of the molecule is OCC1OC(OCCc2cccc(O)c2)C(O)C(O)C1O. The Balaban J connectivity index is 1.87. The zero-order valence-electron chi connectivity index (χ0n) is 11.4. The molecule has 0 aliphatic carbocycles. The largest absolute Gasteiger partial charge is 0.508 e. The maximum Gasteiger partial charge on any atom is 0.186 e. The maximum absolute atomic E-state index is 9.78. The lowest BCUT2D eigenvalue weighted by Crippen LogP contribution is -2.59. The van der Waals surface area contributed by atoms with E-state index in [2.05, 4.69) is 0 Å². The summed E-state index contributed by atoms with van der Waals surface area (Å²) in [5, 5.41) is 47.4. The van der Waals surface area contributed by atoms with E-state index < -0.39 is 37.3 Å². The van der Waals surface area contributed by atoms with Gasteiger partial charge >= 0.3 is 0 Å². The number of benzene rings is 1. The summed E-state index contributed by atoms with van der Waals surface area (Å²) in [7, 11) is 0. The average molecular weight is 300 g/mol. The molecule has 21 heavy (non-hydrogen) atoms. The number of aromatic hydroxyl groups is 1. The summed E-state index contributed by atoms with van der Waals surface area (Å²) < 4.78 is 10.6. The molecule has 7 nitrogen and oxygen atoms in total. The van der Waals surface area contributed by atoms with Gasteiger partial charge in [0.25, 0.3) is 0 Å². The standard InChI is InChI=1S/C14H20O7/c15-7-10-11(17)12(18)13(19)14(21-10)20-5-4-8-2-1-3-9(16)6-8/h1-3,6,10-19H,4-5,7H2. The molecule has 5 N–H and O–H groups in total. The fourth-order valence-electron chi connectivity index (χ4n) is 2.21. The lowest BCUT2D eigenvalue weighted by molar-refractivity contribution is -0.300. The highest BCUT2D eigenvalue weighted by Gasteiger charge is 2.43. The molecular formula is C14H20O7. The first kappa shape index (κ1) is 16.2. The van der Waals surface area contributed by atoms with Gasteiger partial charge in [0.1, 0.15) is 30.2 Å². The van der Waals surface area contributed by atoms with Gasteiger partial charge in [0.2, 0.25) is 0 Å². The summed E-state index contributed by atoms with van der Waals surface area (Å²) >= 11 is 0. The van der Waals surface area contributed by atoms with E-state index in [1.807, 2.05) is 6.07 Å². The van der Waals surface area contributed by atoms with Crippen LogP contribution in [0.3, 0.4) is 0 Å². The van der Waals surface area contributed by atoms with Crippen LogP contribution in [-0.2, 0) is 15.9 Å². The van der Waals surface area contributed by atoms with Crippen molar-refractivity contribution in [2.24, 2.45) is 0 Å². The molecule has 0 amide bonds. The number of aliphatic hydroxyl groups is 4. The van der Waals surface area contributed by atoms with E-state index in [9.17, 15) is 20.4 Å². The second kappa shape index (κ2) is 7.17. The van der Waals surface area contributed by atoms with E-state index in [-0.39, 0.29) is 12.4 Å². The van der Waals surface area contributed by atoms with Gasteiger partial charge in [-0.3, -0.25) is 0 Å². The molecule has 2 rings (SSSR count). The van der Waals surface area contributed by atoms with Crippen LogP contribution in [0.4, 0.5) is 0 Å². The van der Waals surface area contributed by atoms with Gasteiger partial charge in [0, 0.05) is 0 Å². The van der Waals surface area contributed by atoms with Gasteiger partial charge < -0.3 is 35.0 Å². The van der Waals surface area contributed by atoms with Crippen LogP contribution in [-0.4, -0.2) is 69.5 Å². The number of rotatable bonds is 5. The zero-order valence-corrected chi connectivity index (χ0v) is 11.4. The van der Waals surface area contributed by atoms with Crippen LogP contribution in [0.5, 0.6) is 5.75 Å². The fraction of sp³-hybridized carbons (Fsp3) is 0.571. The number of phenolic OH excluding ortho intramolecular Hbond substituents is 1. The number of aliphatic hydroxyl groups excluding tert-OH is 4. The monoisotopic (exact) mass is 300 g/mol. The van der Waals surface area contributed by atoms with Crippen molar-refractivity contribution in [3.05, 3.63) is 29.8 Å². The Morgan fingerprint density at radius 3 is 2.52 bits per heavy atom. The molecular weight excluding hydrogens is 280 g/mol. The van der Waals surface area contributed by atoms with Crippen molar-refractivity contribution in [1.29, 1.82) is 0 Å². The number of hydrogen-bond donors (Lipinski definition) is 5. The van der Waals surface area contributed by atoms with E-state index in [4.69, 9.17) is 14.6 Å². The molecule has 0 bridgehead atoms. The lowest BCUT2D eigenvalue weighted by Gasteiger charge is -2.39. The molecule has 1 aromatic carbocycles. The Kier molecular flexibility index (Phi) is 5.51. The highest BCUT2D eigenvalue weighted by atomic mass is 16.7. The average Bonchev–Trinajstić information content (AvgIpc) is 2.47. The van der Waals surface area contributed by atoms with Crippen molar-refractivity contribution >= 4 is 0 Å². The van der Waals surface area contributed by atoms with Gasteiger partial charge in [-0.25, -0.2) is 0 Å². The van der Waals surface area contributed by atoms with Crippen molar-refractivity contribution in [3.8, 4) is 5.75 Å². The van der Waals surface area contributed by atoms with Gasteiger partial charge in [-0.1, -0.05) is 12.1 Å². The quantitative estimate of drug-likeness (QED) is 0.461. The minimum Gasteiger partial charge on any atom is -0.508 e. The highest BCUT2D eigenvalue weighted by molar-refractivity contribution is 5.27. The minimum atomic E-state index is -1.44. The summed E-state index contributed by atoms with van der Waals surface area (Å²) in [6, 6.07) is 6.67. The van der Waals surface area contributed by atoms with Crippen molar-refractivity contribution in [3.63, 3.8) is 0 Å². The third-order valence-electron chi connectivity index (χ3n) is 3.43. The second-order valence-electron chi connectivity index (χ2n) is 4.99. The molecule has 5 unspecified atom stereocenters. The maximum atomic E-state index is 9.78. The molecule has 0 saturated carbocycles. The molecule has 1 aromatic rings. The Morgan fingerprint density at radius 1 is 1.10 bits per heavy atom. The number of hydrogen-bond acceptors (Lipinski definition) is 7. The Morgan fingerprint density at radius 2 is 1.86 bits per heavy atom. The first-order valence-electron chi connectivity index (χ1n) is 6.73. The Hall–Kier alpha value is -1.22. The van der Waals surface area contributed by atoms with Crippen LogP contribution < -0.4 is 0 Å². The number of phenols is 1. The smallest absolute Gasteiger partial charge is 0.186 e. The molecule has 1 aliphatic rings. The van der Waals surface area contributed by atoms with Gasteiger partial charge in [-0.15, -0.1) is 0 Å². The summed E-state index contributed by atoms with van der Waals surface area (Å²) in [6.07, 6.45) is -5.86. The predicted molar refractivity (Wildman–Crippen MR) is 71.5 cm³/mol. The molecule has 0 radical (unpaired) electrons. The lowest BCUT2D eigenvalue weighted by atomic mass is 9.99. The Labute approximate surface area is 122 Å². The van der Waals surface area contributed by atoms with E-state index in [0.29, 0.717) is 6.42 Å². The summed E-state index contributed by atoms with van der Waals surface area (Å²) in [6.45, 7) is -0.302. The first-order chi connectivity index (χ1) is 10.0. The van der Waals surface area contributed by atoms with Gasteiger partial charge in [-0.2, -0.15) is 0 Å². The third kappa shape index (κ3) is 3.91. The summed E-state index contributed by atoms with van der Waals surface area (Å²) in [4.78, 5) is 0. The van der Waals surface area contributed by atoms with Crippen molar-refractivity contribution in [1.82, 2.24) is 0 Å². The fourth-order valence-corrected chi connectivity index (χ4v) is 2.21. The van der Waals surface area contributed by atoms with Gasteiger partial charge in [0.15, 0.2) is 6.29 Å². The highest BCUT2D eigenvalue weighted by Crippen LogP contribution is 2.22. The molecule has 1 aliphatic heterocycles. The summed E-state index contributed by atoms with van der Waals surface area (Å²) in [5.74, 6) is 0.153. The van der Waals surface area contributed by atoms with E-state index >= 15 is 0 Å². The molecule has 1 fully saturated rings. The Bertz CT molecular complexity index is 451. The summed E-state index contributed by atoms with van der Waals surface area (Å²) in [5.41, 5.74) is 0.847. The van der Waals surface area contributed by atoms with Crippen LogP contribution in [0, 0.1) is 0 Å². The van der Waals surface area contributed by atoms with Crippen molar-refractivity contribution in [2.75, 3.05) is 13.2 Å². The normalized spacial score (nSPS) is 33.0. The topological polar surface area (TPSA) is 120 Å². The first-order valence-corrected chi connectivity index (χ1v) is 6.73. The number of ether oxygens (including phenoxy) is 2. The van der Waals surface area contributed by atoms with Crippen LogP contribution in [0.15, 0.2) is 24.3 Å². The minimum absolute atomic E-state index is 0.153.